The van der Waals surface area contributed by atoms with Gasteiger partial charge in [-0.3, -0.25) is 9.69 Å². The van der Waals surface area contributed by atoms with Gasteiger partial charge in [0, 0.05) is 18.3 Å². The molecule has 0 atom stereocenters. The molecule has 0 saturated carbocycles. The summed E-state index contributed by atoms with van der Waals surface area (Å²) in [6, 6.07) is 19.3. The van der Waals surface area contributed by atoms with Gasteiger partial charge in [-0.2, -0.15) is 0 Å². The van der Waals surface area contributed by atoms with Crippen molar-refractivity contribution in [2.75, 3.05) is 4.90 Å². The first kappa shape index (κ1) is 10.4. The average molecular weight is 211 g/mol. The van der Waals surface area contributed by atoms with E-state index in [1.54, 1.807) is 11.8 Å². The van der Waals surface area contributed by atoms with Crippen LogP contribution in [0.4, 0.5) is 11.4 Å². The van der Waals surface area contributed by atoms with Crippen LogP contribution in [0.3, 0.4) is 0 Å². The van der Waals surface area contributed by atoms with Crippen LogP contribution in [0.25, 0.3) is 0 Å². The van der Waals surface area contributed by atoms with Gasteiger partial charge in [0.1, 0.15) is 0 Å². The lowest BCUT2D eigenvalue weighted by Crippen LogP contribution is -2.22. The molecule has 80 valence electrons. The molecule has 0 bridgehead atoms. The van der Waals surface area contributed by atoms with Crippen LogP contribution in [0.15, 0.2) is 60.7 Å². The Labute approximate surface area is 95.1 Å². The van der Waals surface area contributed by atoms with Crippen LogP contribution in [-0.4, -0.2) is 5.91 Å². The van der Waals surface area contributed by atoms with Gasteiger partial charge in [0.2, 0.25) is 5.91 Å². The summed E-state index contributed by atoms with van der Waals surface area (Å²) < 4.78 is 0. The van der Waals surface area contributed by atoms with Crippen LogP contribution in [0, 0.1) is 0 Å². The minimum absolute atomic E-state index is 0.0115. The van der Waals surface area contributed by atoms with E-state index in [1.807, 2.05) is 60.7 Å². The van der Waals surface area contributed by atoms with Crippen LogP contribution >= 0.6 is 0 Å². The quantitative estimate of drug-likeness (QED) is 0.745. The molecule has 0 aliphatic rings. The predicted octanol–water partition coefficient (Wildman–Crippen LogP) is 3.37. The van der Waals surface area contributed by atoms with Crippen molar-refractivity contribution in [2.24, 2.45) is 0 Å². The molecule has 0 fully saturated rings. The second-order valence-electron chi connectivity index (χ2n) is 3.53. The monoisotopic (exact) mass is 211 g/mol. The van der Waals surface area contributed by atoms with E-state index < -0.39 is 0 Å². The van der Waals surface area contributed by atoms with Crippen molar-refractivity contribution in [3.05, 3.63) is 60.7 Å². The third-order valence-electron chi connectivity index (χ3n) is 2.34. The van der Waals surface area contributed by atoms with Crippen LogP contribution in [0.1, 0.15) is 6.92 Å². The molecule has 0 aliphatic carbocycles. The lowest BCUT2D eigenvalue weighted by atomic mass is 10.2. The summed E-state index contributed by atoms with van der Waals surface area (Å²) >= 11 is 0. The second kappa shape index (κ2) is 4.62. The van der Waals surface area contributed by atoms with Crippen molar-refractivity contribution < 1.29 is 4.79 Å². The third-order valence-corrected chi connectivity index (χ3v) is 2.34. The van der Waals surface area contributed by atoms with E-state index in [9.17, 15) is 4.79 Å². The van der Waals surface area contributed by atoms with Crippen LogP contribution in [0.2, 0.25) is 0 Å². The van der Waals surface area contributed by atoms with E-state index in [4.69, 9.17) is 0 Å². The summed E-state index contributed by atoms with van der Waals surface area (Å²) in [5.41, 5.74) is 1.78. The van der Waals surface area contributed by atoms with Gasteiger partial charge in [-0.05, 0) is 24.3 Å². The molecule has 0 aliphatic heterocycles. The van der Waals surface area contributed by atoms with Crippen LogP contribution < -0.4 is 4.90 Å². The Hall–Kier alpha value is -2.09. The maximum atomic E-state index is 11.7. The van der Waals surface area contributed by atoms with Crippen molar-refractivity contribution in [1.82, 2.24) is 0 Å². The molecule has 0 saturated heterocycles. The Morgan fingerprint density at radius 2 is 1.19 bits per heavy atom. The highest BCUT2D eigenvalue weighted by molar-refractivity contribution is 5.98. The number of anilines is 2. The fourth-order valence-corrected chi connectivity index (χ4v) is 1.67. The molecule has 2 aromatic rings. The Bertz CT molecular complexity index is 425. The summed E-state index contributed by atoms with van der Waals surface area (Å²) in [6.07, 6.45) is 0. The molecule has 16 heavy (non-hydrogen) atoms. The van der Waals surface area contributed by atoms with Crippen molar-refractivity contribution in [3.63, 3.8) is 0 Å². The molecule has 2 heteroatoms. The summed E-state index contributed by atoms with van der Waals surface area (Å²) in [6.45, 7) is 1.57. The minimum atomic E-state index is 0.0115. The van der Waals surface area contributed by atoms with Crippen molar-refractivity contribution in [1.29, 1.82) is 0 Å². The van der Waals surface area contributed by atoms with E-state index in [1.165, 1.54) is 0 Å². The molecule has 0 unspecified atom stereocenters. The largest absolute Gasteiger partial charge is 0.281 e. The molecule has 0 heterocycles. The molecule has 1 amide bonds. The van der Waals surface area contributed by atoms with Gasteiger partial charge in [0.05, 0.1) is 0 Å². The standard InChI is InChI=1S/C14H13NO/c1-12(16)15(13-8-4-2-5-9-13)14-10-6-3-7-11-14/h2-11H,1H3. The van der Waals surface area contributed by atoms with Gasteiger partial charge in [-0.1, -0.05) is 36.4 Å². The Morgan fingerprint density at radius 1 is 0.812 bits per heavy atom. The number of para-hydroxylation sites is 2. The highest BCUT2D eigenvalue weighted by atomic mass is 16.2. The summed E-state index contributed by atoms with van der Waals surface area (Å²) in [5.74, 6) is 0.0115. The first-order valence-electron chi connectivity index (χ1n) is 5.20. The van der Waals surface area contributed by atoms with Gasteiger partial charge in [-0.15, -0.1) is 0 Å². The molecule has 0 aromatic heterocycles. The zero-order valence-electron chi connectivity index (χ0n) is 9.13. The third kappa shape index (κ3) is 2.11. The van der Waals surface area contributed by atoms with Gasteiger partial charge in [0.15, 0.2) is 0 Å². The summed E-state index contributed by atoms with van der Waals surface area (Å²) in [4.78, 5) is 13.4. The number of amides is 1. The Morgan fingerprint density at radius 3 is 1.50 bits per heavy atom. The van der Waals surface area contributed by atoms with Gasteiger partial charge >= 0.3 is 0 Å². The van der Waals surface area contributed by atoms with Crippen LogP contribution in [0.5, 0.6) is 0 Å². The highest BCUT2D eigenvalue weighted by Crippen LogP contribution is 2.24. The average Bonchev–Trinajstić information content (AvgIpc) is 2.31. The molecular weight excluding hydrogens is 198 g/mol. The maximum Gasteiger partial charge on any atom is 0.228 e. The second-order valence-corrected chi connectivity index (χ2v) is 3.53. The SMILES string of the molecule is CC(=O)N(c1ccccc1)c1ccccc1. The maximum absolute atomic E-state index is 11.7. The number of benzene rings is 2. The molecule has 0 N–H and O–H groups in total. The Balaban J connectivity index is 2.44. The van der Waals surface area contributed by atoms with Crippen molar-refractivity contribution in [2.45, 2.75) is 6.92 Å². The number of hydrogen-bond donors (Lipinski definition) is 0. The van der Waals surface area contributed by atoms with Crippen molar-refractivity contribution in [3.8, 4) is 0 Å². The number of nitrogens with zero attached hydrogens (tertiary/aromatic N) is 1. The number of carbonyl (C=O) groups excluding carboxylic acids is 1. The predicted molar refractivity (Wildman–Crippen MR) is 65.7 cm³/mol. The van der Waals surface area contributed by atoms with E-state index in [0.717, 1.165) is 11.4 Å². The molecule has 2 aromatic carbocycles. The topological polar surface area (TPSA) is 20.3 Å². The summed E-state index contributed by atoms with van der Waals surface area (Å²) in [5, 5.41) is 0. The fourth-order valence-electron chi connectivity index (χ4n) is 1.67. The smallest absolute Gasteiger partial charge is 0.228 e. The molecule has 2 rings (SSSR count). The van der Waals surface area contributed by atoms with Gasteiger partial charge < -0.3 is 0 Å². The minimum Gasteiger partial charge on any atom is -0.281 e. The molecule has 0 radical (unpaired) electrons. The fraction of sp³-hybridized carbons (Fsp3) is 0.0714. The number of carbonyl (C=O) groups is 1. The Kier molecular flexibility index (Phi) is 3.01. The van der Waals surface area contributed by atoms with Gasteiger partial charge in [0.25, 0.3) is 0 Å². The molecule has 0 spiro atoms. The van der Waals surface area contributed by atoms with E-state index in [0.29, 0.717) is 0 Å². The zero-order chi connectivity index (χ0) is 11.4. The number of rotatable bonds is 2. The zero-order valence-corrected chi connectivity index (χ0v) is 9.13. The summed E-state index contributed by atoms with van der Waals surface area (Å²) in [7, 11) is 0. The van der Waals surface area contributed by atoms with Crippen molar-refractivity contribution >= 4 is 17.3 Å². The first-order valence-corrected chi connectivity index (χ1v) is 5.20. The normalized spacial score (nSPS) is 9.81. The molecular formula is C14H13NO. The lowest BCUT2D eigenvalue weighted by Gasteiger charge is -2.21. The first-order chi connectivity index (χ1) is 7.79. The van der Waals surface area contributed by atoms with Gasteiger partial charge in [-0.25, -0.2) is 0 Å². The highest BCUT2D eigenvalue weighted by Gasteiger charge is 2.12. The lowest BCUT2D eigenvalue weighted by molar-refractivity contribution is -0.115. The van der Waals surface area contributed by atoms with E-state index in [2.05, 4.69) is 0 Å². The molecule has 2 nitrogen and oxygen atoms in total. The van der Waals surface area contributed by atoms with Crippen LogP contribution in [-0.2, 0) is 4.79 Å². The van der Waals surface area contributed by atoms with E-state index in [-0.39, 0.29) is 5.91 Å². The van der Waals surface area contributed by atoms with E-state index >= 15 is 0 Å². The number of hydrogen-bond acceptors (Lipinski definition) is 1.